The van der Waals surface area contributed by atoms with Crippen LogP contribution < -0.4 is 30.4 Å². The lowest BCUT2D eigenvalue weighted by Gasteiger charge is -2.23. The van der Waals surface area contributed by atoms with Gasteiger partial charge in [-0.2, -0.15) is 21.0 Å². The van der Waals surface area contributed by atoms with E-state index in [0.717, 1.165) is 76.6 Å². The number of aryl methyl sites for hydroxylation is 2. The summed E-state index contributed by atoms with van der Waals surface area (Å²) >= 11 is 5.92. The Balaban J connectivity index is 0.000000265. The second-order valence-electron chi connectivity index (χ2n) is 21.3. The fourth-order valence-electron chi connectivity index (χ4n) is 8.11. The minimum absolute atomic E-state index is 0.187. The number of nitrogen functional groups attached to an aromatic ring is 2. The summed E-state index contributed by atoms with van der Waals surface area (Å²) in [5, 5.41) is 41.4. The molecule has 0 bridgehead atoms. The maximum absolute atomic E-state index is 10.4. The lowest BCUT2D eigenvalue weighted by molar-refractivity contribution is 0.269. The van der Waals surface area contributed by atoms with Crippen LogP contribution in [0.5, 0.6) is 23.0 Å². The number of rotatable bonds is 25. The number of hydrogen-bond acceptors (Lipinski definition) is 14. The summed E-state index contributed by atoms with van der Waals surface area (Å²) in [7, 11) is 0. The van der Waals surface area contributed by atoms with Gasteiger partial charge >= 0.3 is 0 Å². The van der Waals surface area contributed by atoms with Crippen LogP contribution in [0.3, 0.4) is 0 Å². The van der Waals surface area contributed by atoms with Crippen LogP contribution in [0, 0.1) is 82.8 Å². The zero-order valence-electron chi connectivity index (χ0n) is 48.7. The Bertz CT molecular complexity index is 3450. The van der Waals surface area contributed by atoms with Crippen molar-refractivity contribution in [3.63, 3.8) is 0 Å². The smallest absolute Gasteiger partial charge is 0.153 e. The first-order valence-corrected chi connectivity index (χ1v) is 31.0. The molecular weight excluding hydrogens is 1090 g/mol. The number of nitrogens with zero attached hydrogens (tertiary/aromatic N) is 4. The van der Waals surface area contributed by atoms with Crippen molar-refractivity contribution in [2.75, 3.05) is 37.9 Å². The highest BCUT2D eigenvalue weighted by Crippen LogP contribution is 2.55. The largest absolute Gasteiger partial charge is 0.491 e. The third-order valence-corrected chi connectivity index (χ3v) is 17.8. The number of nitriles is 4. The van der Waals surface area contributed by atoms with Crippen LogP contribution in [-0.2, 0) is 0 Å². The third-order valence-electron chi connectivity index (χ3n) is 12.8. The van der Waals surface area contributed by atoms with Crippen molar-refractivity contribution in [3.8, 4) is 58.4 Å². The van der Waals surface area contributed by atoms with Gasteiger partial charge in [0, 0.05) is 31.0 Å². The molecule has 0 aromatic heterocycles. The van der Waals surface area contributed by atoms with E-state index in [0.29, 0.717) is 89.4 Å². The van der Waals surface area contributed by atoms with Crippen molar-refractivity contribution < 1.29 is 18.9 Å². The van der Waals surface area contributed by atoms with Gasteiger partial charge in [-0.3, -0.25) is 0 Å². The highest BCUT2D eigenvalue weighted by atomic mass is 32.2. The fraction of sp³-hybridized carbons (Fsp3) is 0.324. The van der Waals surface area contributed by atoms with Crippen LogP contribution in [0.1, 0.15) is 114 Å². The number of anilines is 2. The normalized spacial score (nSPS) is 10.9. The van der Waals surface area contributed by atoms with Gasteiger partial charge in [0.15, 0.2) is 23.0 Å². The number of ether oxygens (including phenoxy) is 4. The Hall–Kier alpha value is -7.30. The van der Waals surface area contributed by atoms with Crippen molar-refractivity contribution >= 4 is 58.4 Å². The molecule has 82 heavy (non-hydrogen) atoms. The Morgan fingerprint density at radius 1 is 0.390 bits per heavy atom. The van der Waals surface area contributed by atoms with Gasteiger partial charge < -0.3 is 30.4 Å². The number of benzene rings is 7. The molecule has 0 aliphatic heterocycles. The standard InChI is InChI=1S/C36H37N3O2S2.C32H37N3O2S2/c1-24(2)18-20-40-33-29(22-37)30(23-38)34(41-21-19-25(3)4)36(43-32-13-9-8-12-31(32)39)35(33)42-28-16-14-27(15-17-28)26-10-6-5-7-11-26;1-20(2)13-15-36-29-24(18-33)25(19-34)30(37-16-14-21(3)4)32(39-28-10-8-7-9-26(28)35)31(29)38-27-12-11-22(5)17-23(27)6/h5-17,24-25H,18-21,39H2,1-4H3;7-12,17,20-21H,13-16,35H2,1-6H3. The van der Waals surface area contributed by atoms with Gasteiger partial charge in [-0.05, 0) is 122 Å². The summed E-state index contributed by atoms with van der Waals surface area (Å²) in [4.78, 5) is 6.63. The van der Waals surface area contributed by atoms with Gasteiger partial charge in [-0.25, -0.2) is 0 Å². The molecule has 7 aromatic carbocycles. The molecule has 0 atom stereocenters. The SMILES string of the molecule is CC(C)CCOc1c(C#N)c(C#N)c(OCCC(C)C)c(Sc2ccccc2N)c1Sc1ccc(-c2ccccc2)cc1.Cc1ccc(Sc2c(OCCC(C)C)c(C#N)c(C#N)c(OCCC(C)C)c2Sc2ccccc2N)c(C)c1. The van der Waals surface area contributed by atoms with Crippen molar-refractivity contribution in [3.05, 3.63) is 155 Å². The molecule has 0 saturated heterocycles. The van der Waals surface area contributed by atoms with E-state index in [1.54, 1.807) is 0 Å². The summed E-state index contributed by atoms with van der Waals surface area (Å²) < 4.78 is 25.5. The van der Waals surface area contributed by atoms with Crippen molar-refractivity contribution in [1.29, 1.82) is 21.0 Å². The van der Waals surface area contributed by atoms with Gasteiger partial charge in [0.25, 0.3) is 0 Å². The molecule has 0 unspecified atom stereocenters. The summed E-state index contributed by atoms with van der Waals surface area (Å²) in [5.74, 6) is 3.32. The molecule has 4 N–H and O–H groups in total. The molecule has 0 amide bonds. The molecule has 0 saturated carbocycles. The van der Waals surface area contributed by atoms with E-state index in [2.05, 4.69) is 148 Å². The Labute approximate surface area is 503 Å². The zero-order valence-corrected chi connectivity index (χ0v) is 52.0. The predicted molar refractivity (Wildman–Crippen MR) is 338 cm³/mol. The first-order valence-electron chi connectivity index (χ1n) is 27.7. The number of nitrogens with two attached hydrogens (primary N) is 2. The molecule has 0 spiro atoms. The van der Waals surface area contributed by atoms with Crippen LogP contribution in [0.4, 0.5) is 11.4 Å². The van der Waals surface area contributed by atoms with E-state index in [4.69, 9.17) is 30.4 Å². The number of hydrogen-bond donors (Lipinski definition) is 2. The van der Waals surface area contributed by atoms with Crippen molar-refractivity contribution in [1.82, 2.24) is 0 Å². The van der Waals surface area contributed by atoms with Crippen LogP contribution >= 0.6 is 47.0 Å². The van der Waals surface area contributed by atoms with Crippen LogP contribution in [0.25, 0.3) is 11.1 Å². The van der Waals surface area contributed by atoms with E-state index in [-0.39, 0.29) is 22.3 Å². The zero-order chi connectivity index (χ0) is 59.3. The van der Waals surface area contributed by atoms with E-state index in [1.807, 2.05) is 66.7 Å². The van der Waals surface area contributed by atoms with Gasteiger partial charge in [-0.1, -0.05) is 187 Å². The molecule has 0 aliphatic rings. The monoisotopic (exact) mass is 1170 g/mol. The van der Waals surface area contributed by atoms with Crippen LogP contribution in [0.2, 0.25) is 0 Å². The molecule has 424 valence electrons. The molecular formula is C68H74N6O4S4. The van der Waals surface area contributed by atoms with Crippen molar-refractivity contribution in [2.24, 2.45) is 23.7 Å². The van der Waals surface area contributed by atoms with E-state index in [9.17, 15) is 21.0 Å². The maximum Gasteiger partial charge on any atom is 0.153 e. The summed E-state index contributed by atoms with van der Waals surface area (Å²) in [6, 6.07) is 49.2. The van der Waals surface area contributed by atoms with E-state index < -0.39 is 0 Å². The topological polar surface area (TPSA) is 184 Å². The average Bonchev–Trinajstić information content (AvgIpc) is 3.53. The average molecular weight is 1170 g/mol. The molecule has 10 nitrogen and oxygen atoms in total. The van der Waals surface area contributed by atoms with Crippen LogP contribution in [0.15, 0.2) is 160 Å². The Morgan fingerprint density at radius 2 is 0.720 bits per heavy atom. The lowest BCUT2D eigenvalue weighted by Crippen LogP contribution is -2.09. The molecule has 7 rings (SSSR count). The second kappa shape index (κ2) is 31.8. The second-order valence-corrected chi connectivity index (χ2v) is 25.6. The van der Waals surface area contributed by atoms with E-state index in [1.165, 1.54) is 52.6 Å². The first-order chi connectivity index (χ1) is 39.5. The molecule has 7 aromatic rings. The molecule has 0 aliphatic carbocycles. The minimum Gasteiger partial charge on any atom is -0.491 e. The minimum atomic E-state index is 0.187. The highest BCUT2D eigenvalue weighted by molar-refractivity contribution is 8.03. The predicted octanol–water partition coefficient (Wildman–Crippen LogP) is 18.6. The lowest BCUT2D eigenvalue weighted by atomic mass is 10.1. The molecule has 14 heteroatoms. The fourth-order valence-corrected chi connectivity index (χ4v) is 12.6. The van der Waals surface area contributed by atoms with Gasteiger partial charge in [0.1, 0.15) is 46.5 Å². The molecule has 0 heterocycles. The molecule has 0 fully saturated rings. The van der Waals surface area contributed by atoms with Gasteiger partial charge in [0.05, 0.1) is 46.0 Å². The number of para-hydroxylation sites is 2. The quantitative estimate of drug-likeness (QED) is 0.0515. The Kier molecular flexibility index (Phi) is 24.8. The molecule has 0 radical (unpaired) electrons. The highest BCUT2D eigenvalue weighted by Gasteiger charge is 2.31. The third kappa shape index (κ3) is 17.6. The van der Waals surface area contributed by atoms with Gasteiger partial charge in [0.2, 0.25) is 0 Å². The van der Waals surface area contributed by atoms with Crippen molar-refractivity contribution in [2.45, 2.75) is 134 Å². The summed E-state index contributed by atoms with van der Waals surface area (Å²) in [5.41, 5.74) is 19.3. The Morgan fingerprint density at radius 3 is 1.06 bits per heavy atom. The summed E-state index contributed by atoms with van der Waals surface area (Å²) in [6.45, 7) is 22.9. The first kappa shape index (κ1) is 63.9. The van der Waals surface area contributed by atoms with Crippen LogP contribution in [-0.4, -0.2) is 26.4 Å². The van der Waals surface area contributed by atoms with Gasteiger partial charge in [-0.15, -0.1) is 0 Å². The summed E-state index contributed by atoms with van der Waals surface area (Å²) in [6.07, 6.45) is 3.25. The maximum atomic E-state index is 10.4. The van der Waals surface area contributed by atoms with E-state index >= 15 is 0 Å².